The minimum Gasteiger partial charge on any atom is -0.396 e. The lowest BCUT2D eigenvalue weighted by Gasteiger charge is -2.07. The van der Waals surface area contributed by atoms with E-state index in [-0.39, 0.29) is 12.3 Å². The van der Waals surface area contributed by atoms with Crippen LogP contribution in [0.5, 0.6) is 0 Å². The Balaban J connectivity index is 2.16. The second-order valence-electron chi connectivity index (χ2n) is 3.55. The zero-order chi connectivity index (χ0) is 13.2. The molecule has 0 aliphatic carbocycles. The van der Waals surface area contributed by atoms with Gasteiger partial charge in [0.15, 0.2) is 0 Å². The highest BCUT2D eigenvalue weighted by Crippen LogP contribution is 2.11. The Morgan fingerprint density at radius 3 is 2.83 bits per heavy atom. The molecule has 100 valence electrons. The molecule has 1 rings (SSSR count). The second-order valence-corrected chi connectivity index (χ2v) is 4.78. The van der Waals surface area contributed by atoms with E-state index in [2.05, 4.69) is 10.6 Å². The minimum atomic E-state index is -0.454. The van der Waals surface area contributed by atoms with Crippen molar-refractivity contribution in [3.8, 4) is 0 Å². The van der Waals surface area contributed by atoms with Gasteiger partial charge in [0.05, 0.1) is 5.69 Å². The van der Waals surface area contributed by atoms with Crippen molar-refractivity contribution in [2.45, 2.75) is 6.42 Å². The van der Waals surface area contributed by atoms with E-state index in [1.807, 2.05) is 0 Å². The number of urea groups is 1. The summed E-state index contributed by atoms with van der Waals surface area (Å²) in [6.07, 6.45) is 0.756. The number of aliphatic hydroxyl groups excluding tert-OH is 1. The third-order valence-corrected chi connectivity index (χ3v) is 3.17. The van der Waals surface area contributed by atoms with Gasteiger partial charge in [-0.1, -0.05) is 12.1 Å². The van der Waals surface area contributed by atoms with E-state index < -0.39 is 11.8 Å². The van der Waals surface area contributed by atoms with Gasteiger partial charge in [0.2, 0.25) is 0 Å². The topological polar surface area (TPSA) is 61.4 Å². The van der Waals surface area contributed by atoms with Gasteiger partial charge in [0.1, 0.15) is 5.82 Å². The van der Waals surface area contributed by atoms with Crippen LogP contribution < -0.4 is 10.6 Å². The van der Waals surface area contributed by atoms with Crippen LogP contribution in [-0.2, 0) is 0 Å². The molecule has 3 N–H and O–H groups in total. The average Bonchev–Trinajstić information content (AvgIpc) is 2.36. The summed E-state index contributed by atoms with van der Waals surface area (Å²) in [5.74, 6) is 1.18. The highest BCUT2D eigenvalue weighted by molar-refractivity contribution is 7.99. The smallest absolute Gasteiger partial charge is 0.319 e. The molecule has 0 radical (unpaired) electrons. The van der Waals surface area contributed by atoms with E-state index in [9.17, 15) is 9.18 Å². The fourth-order valence-corrected chi connectivity index (χ4v) is 2.02. The Labute approximate surface area is 110 Å². The molecule has 0 aliphatic rings. The number of halogens is 1. The maximum Gasteiger partial charge on any atom is 0.319 e. The van der Waals surface area contributed by atoms with Crippen molar-refractivity contribution in [2.75, 3.05) is 30.0 Å². The first-order chi connectivity index (χ1) is 8.74. The van der Waals surface area contributed by atoms with E-state index in [1.54, 1.807) is 23.9 Å². The summed E-state index contributed by atoms with van der Waals surface area (Å²) in [5, 5.41) is 13.6. The fourth-order valence-electron chi connectivity index (χ4n) is 1.23. The zero-order valence-corrected chi connectivity index (χ0v) is 10.8. The van der Waals surface area contributed by atoms with Gasteiger partial charge in [-0.2, -0.15) is 11.8 Å². The second kappa shape index (κ2) is 8.77. The Hall–Kier alpha value is -1.27. The van der Waals surface area contributed by atoms with E-state index in [0.29, 0.717) is 6.54 Å². The van der Waals surface area contributed by atoms with E-state index >= 15 is 0 Å². The van der Waals surface area contributed by atoms with E-state index in [4.69, 9.17) is 5.11 Å². The van der Waals surface area contributed by atoms with Gasteiger partial charge in [-0.15, -0.1) is 0 Å². The van der Waals surface area contributed by atoms with Gasteiger partial charge < -0.3 is 15.7 Å². The SMILES string of the molecule is O=C(NCCSCCCO)Nc1ccccc1F. The van der Waals surface area contributed by atoms with Gasteiger partial charge in [-0.25, -0.2) is 9.18 Å². The minimum absolute atomic E-state index is 0.169. The van der Waals surface area contributed by atoms with Gasteiger partial charge in [-0.3, -0.25) is 0 Å². The number of para-hydroxylation sites is 1. The van der Waals surface area contributed by atoms with Crippen LogP contribution in [0, 0.1) is 5.82 Å². The number of benzene rings is 1. The predicted molar refractivity (Wildman–Crippen MR) is 72.4 cm³/mol. The largest absolute Gasteiger partial charge is 0.396 e. The van der Waals surface area contributed by atoms with Gasteiger partial charge in [0.25, 0.3) is 0 Å². The molecule has 0 bridgehead atoms. The molecule has 18 heavy (non-hydrogen) atoms. The third-order valence-electron chi connectivity index (χ3n) is 2.10. The maximum atomic E-state index is 13.2. The Bertz CT molecular complexity index is 377. The number of thioether (sulfide) groups is 1. The van der Waals surface area contributed by atoms with Crippen molar-refractivity contribution in [3.05, 3.63) is 30.1 Å². The fraction of sp³-hybridized carbons (Fsp3) is 0.417. The van der Waals surface area contributed by atoms with E-state index in [0.717, 1.165) is 17.9 Å². The van der Waals surface area contributed by atoms with Crippen LogP contribution in [0.2, 0.25) is 0 Å². The van der Waals surface area contributed by atoms with Crippen molar-refractivity contribution < 1.29 is 14.3 Å². The molecule has 1 aromatic carbocycles. The standard InChI is InChI=1S/C12H17FN2O2S/c13-10-4-1-2-5-11(10)15-12(17)14-6-9-18-8-3-7-16/h1-2,4-5,16H,3,6-9H2,(H2,14,15,17). The number of amides is 2. The summed E-state index contributed by atoms with van der Waals surface area (Å²) >= 11 is 1.65. The molecule has 0 unspecified atom stereocenters. The van der Waals surface area contributed by atoms with Crippen LogP contribution >= 0.6 is 11.8 Å². The van der Waals surface area contributed by atoms with Crippen LogP contribution in [0.1, 0.15) is 6.42 Å². The number of hydrogen-bond acceptors (Lipinski definition) is 3. The first kappa shape index (κ1) is 14.8. The van der Waals surface area contributed by atoms with Crippen LogP contribution in [0.3, 0.4) is 0 Å². The summed E-state index contributed by atoms with van der Waals surface area (Å²) in [6.45, 7) is 0.699. The molecule has 0 fully saturated rings. The summed E-state index contributed by atoms with van der Waals surface area (Å²) in [7, 11) is 0. The number of hydrogen-bond donors (Lipinski definition) is 3. The van der Waals surface area contributed by atoms with Crippen LogP contribution in [0.15, 0.2) is 24.3 Å². The zero-order valence-electron chi connectivity index (χ0n) is 9.99. The molecule has 6 heteroatoms. The summed E-state index contributed by atoms with van der Waals surface area (Å²) in [6, 6.07) is 5.60. The Kier molecular flexibility index (Phi) is 7.20. The normalized spacial score (nSPS) is 10.1. The molecule has 0 aromatic heterocycles. The van der Waals surface area contributed by atoms with Gasteiger partial charge >= 0.3 is 6.03 Å². The molecule has 0 saturated carbocycles. The molecule has 0 atom stereocenters. The van der Waals surface area contributed by atoms with Gasteiger partial charge in [-0.05, 0) is 24.3 Å². The predicted octanol–water partition coefficient (Wildman–Crippen LogP) is 2.06. The van der Waals surface area contributed by atoms with Crippen molar-refractivity contribution in [1.82, 2.24) is 5.32 Å². The van der Waals surface area contributed by atoms with Crippen LogP contribution in [-0.4, -0.2) is 35.8 Å². The summed E-state index contributed by atoms with van der Waals surface area (Å²) in [5.41, 5.74) is 0.169. The van der Waals surface area contributed by atoms with Crippen LogP contribution in [0.25, 0.3) is 0 Å². The number of aliphatic hydroxyl groups is 1. The molecule has 0 aliphatic heterocycles. The first-order valence-electron chi connectivity index (χ1n) is 5.72. The van der Waals surface area contributed by atoms with Crippen molar-refractivity contribution in [3.63, 3.8) is 0 Å². The summed E-state index contributed by atoms with van der Waals surface area (Å²) in [4.78, 5) is 11.4. The number of carbonyl (C=O) groups is 1. The summed E-state index contributed by atoms with van der Waals surface area (Å²) < 4.78 is 13.2. The molecule has 0 spiro atoms. The Morgan fingerprint density at radius 2 is 2.11 bits per heavy atom. The lowest BCUT2D eigenvalue weighted by atomic mass is 10.3. The molecular weight excluding hydrogens is 255 g/mol. The molecule has 4 nitrogen and oxygen atoms in total. The quantitative estimate of drug-likeness (QED) is 0.666. The lowest BCUT2D eigenvalue weighted by Crippen LogP contribution is -2.30. The number of nitrogens with one attached hydrogen (secondary N) is 2. The Morgan fingerprint density at radius 1 is 1.33 bits per heavy atom. The highest BCUT2D eigenvalue weighted by Gasteiger charge is 2.04. The first-order valence-corrected chi connectivity index (χ1v) is 6.87. The molecule has 0 heterocycles. The number of anilines is 1. The van der Waals surface area contributed by atoms with Crippen molar-refractivity contribution in [2.24, 2.45) is 0 Å². The maximum absolute atomic E-state index is 13.2. The monoisotopic (exact) mass is 272 g/mol. The average molecular weight is 272 g/mol. The van der Waals surface area contributed by atoms with Gasteiger partial charge in [0, 0.05) is 18.9 Å². The molecule has 0 saturated heterocycles. The van der Waals surface area contributed by atoms with Crippen LogP contribution in [0.4, 0.5) is 14.9 Å². The number of carbonyl (C=O) groups excluding carboxylic acids is 1. The highest BCUT2D eigenvalue weighted by atomic mass is 32.2. The molecule has 1 aromatic rings. The third kappa shape index (κ3) is 5.88. The van der Waals surface area contributed by atoms with Crippen molar-refractivity contribution >= 4 is 23.5 Å². The molecule has 2 amide bonds. The lowest BCUT2D eigenvalue weighted by molar-refractivity contribution is 0.252. The number of rotatable bonds is 7. The molecular formula is C12H17FN2O2S. The van der Waals surface area contributed by atoms with E-state index in [1.165, 1.54) is 12.1 Å². The van der Waals surface area contributed by atoms with Crippen molar-refractivity contribution in [1.29, 1.82) is 0 Å².